The summed E-state index contributed by atoms with van der Waals surface area (Å²) in [4.78, 5) is 0. The molecule has 3 heteroatoms. The van der Waals surface area contributed by atoms with E-state index in [4.69, 9.17) is 15.2 Å². The van der Waals surface area contributed by atoms with Gasteiger partial charge in [0.2, 0.25) is 0 Å². The van der Waals surface area contributed by atoms with E-state index in [0.29, 0.717) is 17.8 Å². The van der Waals surface area contributed by atoms with Crippen LogP contribution in [0, 0.1) is 23.7 Å². The summed E-state index contributed by atoms with van der Waals surface area (Å²) in [5.74, 6) is 2.71. The molecule has 21 heavy (non-hydrogen) atoms. The minimum absolute atomic E-state index is 0.00516. The summed E-state index contributed by atoms with van der Waals surface area (Å²) in [5.41, 5.74) is 7.11. The first-order valence-corrected chi connectivity index (χ1v) is 8.96. The Morgan fingerprint density at radius 2 is 1.90 bits per heavy atom. The largest absolute Gasteiger partial charge is 0.378 e. The third-order valence-electron chi connectivity index (χ3n) is 6.49. The maximum Gasteiger partial charge on any atom is 0.0940 e. The summed E-state index contributed by atoms with van der Waals surface area (Å²) >= 11 is 0. The van der Waals surface area contributed by atoms with Gasteiger partial charge in [-0.2, -0.15) is 0 Å². The topological polar surface area (TPSA) is 44.5 Å². The second kappa shape index (κ2) is 5.82. The quantitative estimate of drug-likeness (QED) is 0.849. The molecule has 1 saturated carbocycles. The third-order valence-corrected chi connectivity index (χ3v) is 6.49. The Morgan fingerprint density at radius 3 is 2.57 bits per heavy atom. The van der Waals surface area contributed by atoms with Crippen LogP contribution in [-0.4, -0.2) is 31.0 Å². The zero-order valence-electron chi connectivity index (χ0n) is 14.1. The van der Waals surface area contributed by atoms with E-state index in [-0.39, 0.29) is 11.1 Å². The van der Waals surface area contributed by atoms with Crippen molar-refractivity contribution in [2.75, 3.05) is 19.8 Å². The molecule has 2 saturated heterocycles. The monoisotopic (exact) mass is 295 g/mol. The van der Waals surface area contributed by atoms with Gasteiger partial charge in [0.15, 0.2) is 0 Å². The number of rotatable bonds is 2. The average Bonchev–Trinajstić information content (AvgIpc) is 2.86. The number of nitrogens with two attached hydrogens (primary N) is 1. The van der Waals surface area contributed by atoms with Crippen molar-refractivity contribution < 1.29 is 9.47 Å². The van der Waals surface area contributed by atoms with Gasteiger partial charge in [-0.1, -0.05) is 27.2 Å². The highest BCUT2D eigenvalue weighted by atomic mass is 16.6. The Hall–Kier alpha value is -0.120. The maximum atomic E-state index is 7.12. The summed E-state index contributed by atoms with van der Waals surface area (Å²) in [6, 6.07) is 0. The van der Waals surface area contributed by atoms with Crippen molar-refractivity contribution in [3.05, 3.63) is 0 Å². The van der Waals surface area contributed by atoms with Crippen molar-refractivity contribution in [1.29, 1.82) is 0 Å². The second-order valence-corrected chi connectivity index (χ2v) is 8.37. The minimum Gasteiger partial charge on any atom is -0.378 e. The van der Waals surface area contributed by atoms with Crippen LogP contribution in [-0.2, 0) is 9.47 Å². The van der Waals surface area contributed by atoms with Gasteiger partial charge in [-0.3, -0.25) is 0 Å². The fourth-order valence-electron chi connectivity index (χ4n) is 5.36. The standard InChI is InChI=1S/C18H33NO2/c1-13(2)16-5-4-14(3)10-18(16,19)15-6-8-21-17(11-15)7-9-20-12-17/h13-16H,4-12,19H2,1-3H3. The van der Waals surface area contributed by atoms with Crippen LogP contribution in [0.3, 0.4) is 0 Å². The van der Waals surface area contributed by atoms with Crippen molar-refractivity contribution in [2.45, 2.75) is 70.4 Å². The Bertz CT molecular complexity index is 364. The van der Waals surface area contributed by atoms with Gasteiger partial charge in [-0.25, -0.2) is 0 Å². The van der Waals surface area contributed by atoms with Crippen molar-refractivity contribution in [3.63, 3.8) is 0 Å². The molecular weight excluding hydrogens is 262 g/mol. The predicted molar refractivity (Wildman–Crippen MR) is 85.1 cm³/mol. The third kappa shape index (κ3) is 2.89. The molecule has 1 aliphatic carbocycles. The second-order valence-electron chi connectivity index (χ2n) is 8.37. The van der Waals surface area contributed by atoms with Crippen LogP contribution >= 0.6 is 0 Å². The summed E-state index contributed by atoms with van der Waals surface area (Å²) < 4.78 is 11.8. The van der Waals surface area contributed by atoms with E-state index in [1.165, 1.54) is 19.3 Å². The lowest BCUT2D eigenvalue weighted by atomic mass is 9.57. The van der Waals surface area contributed by atoms with E-state index in [2.05, 4.69) is 20.8 Å². The molecule has 122 valence electrons. The van der Waals surface area contributed by atoms with E-state index in [1.54, 1.807) is 0 Å². The van der Waals surface area contributed by atoms with Gasteiger partial charge >= 0.3 is 0 Å². The lowest BCUT2D eigenvalue weighted by Gasteiger charge is -2.53. The number of ether oxygens (including phenoxy) is 2. The first-order valence-electron chi connectivity index (χ1n) is 8.96. The number of hydrogen-bond donors (Lipinski definition) is 1. The molecule has 2 heterocycles. The molecule has 5 atom stereocenters. The van der Waals surface area contributed by atoms with Crippen molar-refractivity contribution >= 4 is 0 Å². The van der Waals surface area contributed by atoms with Crippen LogP contribution in [0.25, 0.3) is 0 Å². The molecule has 3 rings (SSSR count). The number of hydrogen-bond acceptors (Lipinski definition) is 3. The molecule has 1 spiro atoms. The SMILES string of the molecule is CC1CCC(C(C)C)C(N)(C2CCOC3(CCOC3)C2)C1. The summed E-state index contributed by atoms with van der Waals surface area (Å²) in [5, 5.41) is 0. The smallest absolute Gasteiger partial charge is 0.0940 e. The summed E-state index contributed by atoms with van der Waals surface area (Å²) in [6.07, 6.45) is 7.14. The molecule has 0 aromatic rings. The van der Waals surface area contributed by atoms with Gasteiger partial charge in [-0.05, 0) is 49.4 Å². The first-order chi connectivity index (χ1) is 9.95. The van der Waals surface area contributed by atoms with Crippen LogP contribution in [0.5, 0.6) is 0 Å². The molecule has 2 N–H and O–H groups in total. The molecule has 0 aromatic carbocycles. The first kappa shape index (κ1) is 15.8. The van der Waals surface area contributed by atoms with E-state index >= 15 is 0 Å². The van der Waals surface area contributed by atoms with E-state index < -0.39 is 0 Å². The van der Waals surface area contributed by atoms with Crippen LogP contribution in [0.15, 0.2) is 0 Å². The van der Waals surface area contributed by atoms with Gasteiger partial charge in [0.25, 0.3) is 0 Å². The molecule has 0 aromatic heterocycles. The molecular formula is C18H33NO2. The lowest BCUT2D eigenvalue weighted by molar-refractivity contribution is -0.121. The Kier molecular flexibility index (Phi) is 4.37. The van der Waals surface area contributed by atoms with E-state index in [1.807, 2.05) is 0 Å². The van der Waals surface area contributed by atoms with Gasteiger partial charge in [0.1, 0.15) is 0 Å². The predicted octanol–water partition coefficient (Wildman–Crippen LogP) is 3.36. The molecule has 0 radical (unpaired) electrons. The maximum absolute atomic E-state index is 7.12. The molecule has 2 aliphatic heterocycles. The molecule has 3 nitrogen and oxygen atoms in total. The van der Waals surface area contributed by atoms with Crippen LogP contribution in [0.2, 0.25) is 0 Å². The van der Waals surface area contributed by atoms with Gasteiger partial charge in [0, 0.05) is 25.2 Å². The highest BCUT2D eigenvalue weighted by Crippen LogP contribution is 2.49. The Labute approximate surface area is 129 Å². The molecule has 3 aliphatic rings. The van der Waals surface area contributed by atoms with Crippen molar-refractivity contribution in [3.8, 4) is 0 Å². The molecule has 5 unspecified atom stereocenters. The fourth-order valence-corrected chi connectivity index (χ4v) is 5.36. The van der Waals surface area contributed by atoms with Crippen LogP contribution in [0.4, 0.5) is 0 Å². The van der Waals surface area contributed by atoms with Crippen molar-refractivity contribution in [1.82, 2.24) is 0 Å². The van der Waals surface area contributed by atoms with Crippen LogP contribution in [0.1, 0.15) is 59.3 Å². The lowest BCUT2D eigenvalue weighted by Crippen LogP contribution is -2.61. The van der Waals surface area contributed by atoms with Crippen molar-refractivity contribution in [2.24, 2.45) is 29.4 Å². The molecule has 0 bridgehead atoms. The minimum atomic E-state index is -0.0164. The van der Waals surface area contributed by atoms with E-state index in [9.17, 15) is 0 Å². The molecule has 3 fully saturated rings. The Morgan fingerprint density at radius 1 is 1.10 bits per heavy atom. The normalized spacial score (nSPS) is 48.1. The average molecular weight is 295 g/mol. The zero-order valence-corrected chi connectivity index (χ0v) is 14.1. The van der Waals surface area contributed by atoms with Crippen LogP contribution < -0.4 is 5.73 Å². The van der Waals surface area contributed by atoms with Gasteiger partial charge in [0.05, 0.1) is 12.2 Å². The molecule has 0 amide bonds. The van der Waals surface area contributed by atoms with E-state index in [0.717, 1.165) is 45.0 Å². The fraction of sp³-hybridized carbons (Fsp3) is 1.00. The van der Waals surface area contributed by atoms with Gasteiger partial charge in [-0.15, -0.1) is 0 Å². The summed E-state index contributed by atoms with van der Waals surface area (Å²) in [6.45, 7) is 9.60. The highest BCUT2D eigenvalue weighted by molar-refractivity contribution is 5.05. The zero-order chi connectivity index (χ0) is 15.1. The Balaban J connectivity index is 1.81. The highest BCUT2D eigenvalue weighted by Gasteiger charge is 2.51. The van der Waals surface area contributed by atoms with Gasteiger partial charge < -0.3 is 15.2 Å². The summed E-state index contributed by atoms with van der Waals surface area (Å²) in [7, 11) is 0.